The quantitative estimate of drug-likeness (QED) is 0.734. The van der Waals surface area contributed by atoms with Crippen molar-refractivity contribution in [3.8, 4) is 5.69 Å². The molecular weight excluding hydrogens is 242 g/mol. The summed E-state index contributed by atoms with van der Waals surface area (Å²) in [6.07, 6.45) is 5.11. The summed E-state index contributed by atoms with van der Waals surface area (Å²) in [5.41, 5.74) is 3.10. The molecule has 3 rings (SSSR count). The van der Waals surface area contributed by atoms with Gasteiger partial charge in [-0.25, -0.2) is 9.67 Å². The number of rotatable bonds is 4. The normalized spacial score (nSPS) is 10.6. The minimum atomic E-state index is 0.646. The highest BCUT2D eigenvalue weighted by Crippen LogP contribution is 2.19. The van der Waals surface area contributed by atoms with Crippen LogP contribution in [0.5, 0.6) is 0 Å². The molecular formula is C12H13N7. The number of benzene rings is 1. The molecule has 0 saturated carbocycles. The van der Waals surface area contributed by atoms with Crippen LogP contribution in [-0.4, -0.2) is 30.2 Å². The molecule has 7 nitrogen and oxygen atoms in total. The maximum absolute atomic E-state index is 4.18. The third kappa shape index (κ3) is 2.44. The fraction of sp³-hybridized carbons (Fsp3) is 0.167. The summed E-state index contributed by atoms with van der Waals surface area (Å²) in [5, 5.41) is 14.5. The SMILES string of the molecule is Cc1ccc(-n2cnnn2)cc1NCc1ncc[nH]1. The summed E-state index contributed by atoms with van der Waals surface area (Å²) in [6.45, 7) is 2.70. The summed E-state index contributed by atoms with van der Waals surface area (Å²) >= 11 is 0. The summed E-state index contributed by atoms with van der Waals surface area (Å²) in [6, 6.07) is 6.01. The Balaban J connectivity index is 1.82. The van der Waals surface area contributed by atoms with Crippen LogP contribution in [0.3, 0.4) is 0 Å². The van der Waals surface area contributed by atoms with Crippen molar-refractivity contribution in [3.05, 3.63) is 48.3 Å². The molecule has 1 aromatic carbocycles. The molecule has 0 aliphatic carbocycles. The van der Waals surface area contributed by atoms with Crippen LogP contribution in [0.2, 0.25) is 0 Å². The van der Waals surface area contributed by atoms with Crippen molar-refractivity contribution in [2.45, 2.75) is 13.5 Å². The molecule has 0 fully saturated rings. The van der Waals surface area contributed by atoms with E-state index in [1.54, 1.807) is 23.4 Å². The van der Waals surface area contributed by atoms with Crippen LogP contribution in [0.15, 0.2) is 36.9 Å². The summed E-state index contributed by atoms with van der Waals surface area (Å²) in [5.74, 6) is 0.896. The number of aromatic amines is 1. The molecule has 19 heavy (non-hydrogen) atoms. The maximum Gasteiger partial charge on any atom is 0.143 e. The summed E-state index contributed by atoms with van der Waals surface area (Å²) in [7, 11) is 0. The third-order valence-electron chi connectivity index (χ3n) is 2.84. The molecule has 0 bridgehead atoms. The average molecular weight is 255 g/mol. The van der Waals surface area contributed by atoms with E-state index >= 15 is 0 Å². The van der Waals surface area contributed by atoms with Gasteiger partial charge in [0.15, 0.2) is 0 Å². The number of tetrazole rings is 1. The highest BCUT2D eigenvalue weighted by Gasteiger charge is 2.04. The lowest BCUT2D eigenvalue weighted by Crippen LogP contribution is -2.04. The fourth-order valence-electron chi connectivity index (χ4n) is 1.80. The van der Waals surface area contributed by atoms with Crippen molar-refractivity contribution >= 4 is 5.69 Å². The predicted octanol–water partition coefficient (Wildman–Crippen LogP) is 1.31. The first-order valence-corrected chi connectivity index (χ1v) is 5.89. The fourth-order valence-corrected chi connectivity index (χ4v) is 1.80. The van der Waals surface area contributed by atoms with Gasteiger partial charge in [0.05, 0.1) is 12.2 Å². The third-order valence-corrected chi connectivity index (χ3v) is 2.84. The molecule has 0 aliphatic rings. The van der Waals surface area contributed by atoms with Gasteiger partial charge < -0.3 is 10.3 Å². The molecule has 0 aliphatic heterocycles. The minimum Gasteiger partial charge on any atom is -0.378 e. The van der Waals surface area contributed by atoms with Gasteiger partial charge in [0, 0.05) is 18.1 Å². The van der Waals surface area contributed by atoms with Crippen LogP contribution in [-0.2, 0) is 6.54 Å². The van der Waals surface area contributed by atoms with E-state index in [4.69, 9.17) is 0 Å². The standard InChI is InChI=1S/C12H13N7/c1-9-2-3-10(19-8-16-17-18-19)6-11(9)15-7-12-13-4-5-14-12/h2-6,8,15H,7H2,1H3,(H,13,14). The zero-order valence-electron chi connectivity index (χ0n) is 10.4. The Morgan fingerprint density at radius 1 is 1.37 bits per heavy atom. The molecule has 0 radical (unpaired) electrons. The van der Waals surface area contributed by atoms with E-state index in [9.17, 15) is 0 Å². The zero-order valence-corrected chi connectivity index (χ0v) is 10.4. The molecule has 2 heterocycles. The number of aromatic nitrogens is 6. The topological polar surface area (TPSA) is 84.3 Å². The predicted molar refractivity (Wildman–Crippen MR) is 69.8 cm³/mol. The number of nitrogens with zero attached hydrogens (tertiary/aromatic N) is 5. The van der Waals surface area contributed by atoms with Crippen LogP contribution in [0.4, 0.5) is 5.69 Å². The van der Waals surface area contributed by atoms with E-state index < -0.39 is 0 Å². The summed E-state index contributed by atoms with van der Waals surface area (Å²) in [4.78, 5) is 7.24. The van der Waals surface area contributed by atoms with Gasteiger partial charge in [-0.15, -0.1) is 5.10 Å². The first kappa shape index (κ1) is 11.4. The van der Waals surface area contributed by atoms with Crippen molar-refractivity contribution in [1.82, 2.24) is 30.2 Å². The highest BCUT2D eigenvalue weighted by atomic mass is 15.5. The molecule has 0 unspecified atom stereocenters. The number of hydrogen-bond donors (Lipinski definition) is 2. The Morgan fingerprint density at radius 3 is 3.05 bits per heavy atom. The van der Waals surface area contributed by atoms with Crippen LogP contribution < -0.4 is 5.32 Å². The van der Waals surface area contributed by atoms with Gasteiger partial charge in [0.2, 0.25) is 0 Å². The molecule has 0 saturated heterocycles. The lowest BCUT2D eigenvalue weighted by molar-refractivity contribution is 0.789. The largest absolute Gasteiger partial charge is 0.378 e. The molecule has 2 aromatic heterocycles. The first-order valence-electron chi connectivity index (χ1n) is 5.89. The number of nitrogens with one attached hydrogen (secondary N) is 2. The summed E-state index contributed by atoms with van der Waals surface area (Å²) < 4.78 is 1.62. The Labute approximate surface area is 109 Å². The van der Waals surface area contributed by atoms with E-state index in [2.05, 4.69) is 30.8 Å². The smallest absolute Gasteiger partial charge is 0.143 e. The second kappa shape index (κ2) is 4.89. The van der Waals surface area contributed by atoms with E-state index in [0.29, 0.717) is 6.54 Å². The van der Waals surface area contributed by atoms with E-state index in [0.717, 1.165) is 22.8 Å². The molecule has 2 N–H and O–H groups in total. The van der Waals surface area contributed by atoms with Crippen LogP contribution in [0, 0.1) is 6.92 Å². The molecule has 0 amide bonds. The molecule has 0 spiro atoms. The molecule has 96 valence electrons. The van der Waals surface area contributed by atoms with Gasteiger partial charge in [-0.05, 0) is 35.0 Å². The number of aryl methyl sites for hydroxylation is 1. The lowest BCUT2D eigenvalue weighted by Gasteiger charge is -2.10. The second-order valence-corrected chi connectivity index (χ2v) is 4.14. The zero-order chi connectivity index (χ0) is 13.1. The van der Waals surface area contributed by atoms with Crippen molar-refractivity contribution in [1.29, 1.82) is 0 Å². The van der Waals surface area contributed by atoms with Gasteiger partial charge in [-0.1, -0.05) is 6.07 Å². The van der Waals surface area contributed by atoms with Gasteiger partial charge >= 0.3 is 0 Å². The Kier molecular flexibility index (Phi) is 2.93. The van der Waals surface area contributed by atoms with Crippen molar-refractivity contribution in [3.63, 3.8) is 0 Å². The molecule has 3 aromatic rings. The van der Waals surface area contributed by atoms with Crippen molar-refractivity contribution in [2.24, 2.45) is 0 Å². The second-order valence-electron chi connectivity index (χ2n) is 4.14. The average Bonchev–Trinajstić information content (AvgIpc) is 3.11. The van der Waals surface area contributed by atoms with Crippen LogP contribution in [0.25, 0.3) is 5.69 Å². The van der Waals surface area contributed by atoms with E-state index in [1.165, 1.54) is 0 Å². The Morgan fingerprint density at radius 2 is 2.32 bits per heavy atom. The van der Waals surface area contributed by atoms with Crippen LogP contribution >= 0.6 is 0 Å². The van der Waals surface area contributed by atoms with Gasteiger partial charge in [-0.3, -0.25) is 0 Å². The van der Waals surface area contributed by atoms with E-state index in [1.807, 2.05) is 25.1 Å². The maximum atomic E-state index is 4.18. The number of anilines is 1. The number of hydrogen-bond acceptors (Lipinski definition) is 5. The lowest BCUT2D eigenvalue weighted by atomic mass is 10.2. The first-order chi connectivity index (χ1) is 9.33. The monoisotopic (exact) mass is 255 g/mol. The van der Waals surface area contributed by atoms with Crippen molar-refractivity contribution in [2.75, 3.05) is 5.32 Å². The van der Waals surface area contributed by atoms with Crippen LogP contribution in [0.1, 0.15) is 11.4 Å². The highest BCUT2D eigenvalue weighted by molar-refractivity contribution is 5.56. The number of imidazole rings is 1. The van der Waals surface area contributed by atoms with Gasteiger partial charge in [-0.2, -0.15) is 0 Å². The molecule has 7 heteroatoms. The van der Waals surface area contributed by atoms with Gasteiger partial charge in [0.1, 0.15) is 12.2 Å². The Bertz CT molecular complexity index is 643. The van der Waals surface area contributed by atoms with Gasteiger partial charge in [0.25, 0.3) is 0 Å². The Hall–Kier alpha value is -2.70. The number of H-pyrrole nitrogens is 1. The van der Waals surface area contributed by atoms with E-state index in [-0.39, 0.29) is 0 Å². The van der Waals surface area contributed by atoms with Crippen molar-refractivity contribution < 1.29 is 0 Å². The molecule has 0 atom stereocenters. The minimum absolute atomic E-state index is 0.646.